The summed E-state index contributed by atoms with van der Waals surface area (Å²) >= 11 is 0. The molecule has 0 aliphatic carbocycles. The first-order chi connectivity index (χ1) is 16.4. The van der Waals surface area contributed by atoms with Gasteiger partial charge < -0.3 is 0 Å². The molecular weight excluding hydrogens is 452 g/mol. The molecule has 34 heavy (non-hydrogen) atoms. The quantitative estimate of drug-likeness (QED) is 0.527. The van der Waals surface area contributed by atoms with E-state index >= 15 is 0 Å². The fourth-order valence-corrected chi connectivity index (χ4v) is 6.03. The maximum absolute atomic E-state index is 13.2. The maximum Gasteiger partial charge on any atom is 0.333 e. The fraction of sp³-hybridized carbons (Fsp3) is 0.280. The van der Waals surface area contributed by atoms with Crippen molar-refractivity contribution >= 4 is 38.4 Å². The molecule has 1 atom stereocenters. The molecule has 0 aromatic heterocycles. The average Bonchev–Trinajstić information content (AvgIpc) is 3.07. The first kappa shape index (κ1) is 22.5. The van der Waals surface area contributed by atoms with Crippen LogP contribution in [0.25, 0.3) is 10.8 Å². The highest BCUT2D eigenvalue weighted by atomic mass is 32.2. The minimum absolute atomic E-state index is 0.148. The van der Waals surface area contributed by atoms with Crippen LogP contribution in [0.15, 0.2) is 77.7 Å². The summed E-state index contributed by atoms with van der Waals surface area (Å²) in [6, 6.07) is 21.0. The first-order valence-corrected chi connectivity index (χ1v) is 12.7. The standard InChI is InChI=1S/C25H26N4O4S/c1-19-24(30)28(25(31)29(19)22-9-3-2-4-10-22)18-26-13-15-27(16-14-26)34(32,33)23-12-11-20-7-5-6-8-21(20)17-23/h2-12,17,19H,13-16,18H2,1H3. The average molecular weight is 479 g/mol. The number of hydrogen-bond donors (Lipinski definition) is 0. The van der Waals surface area contributed by atoms with Crippen LogP contribution in [-0.4, -0.2) is 73.4 Å². The summed E-state index contributed by atoms with van der Waals surface area (Å²) in [7, 11) is -3.63. The van der Waals surface area contributed by atoms with Gasteiger partial charge in [-0.15, -0.1) is 0 Å². The van der Waals surface area contributed by atoms with Gasteiger partial charge in [0.1, 0.15) is 6.04 Å². The molecule has 3 aromatic carbocycles. The normalized spacial score (nSPS) is 20.4. The predicted octanol–water partition coefficient (Wildman–Crippen LogP) is 2.96. The Morgan fingerprint density at radius 2 is 1.47 bits per heavy atom. The Morgan fingerprint density at radius 3 is 2.18 bits per heavy atom. The summed E-state index contributed by atoms with van der Waals surface area (Å²) in [5.74, 6) is -0.250. The Kier molecular flexibility index (Phi) is 5.85. The van der Waals surface area contributed by atoms with Gasteiger partial charge in [-0.2, -0.15) is 4.31 Å². The molecule has 2 heterocycles. The van der Waals surface area contributed by atoms with E-state index in [2.05, 4.69) is 0 Å². The monoisotopic (exact) mass is 478 g/mol. The van der Waals surface area contributed by atoms with E-state index in [4.69, 9.17) is 0 Å². The van der Waals surface area contributed by atoms with E-state index < -0.39 is 16.1 Å². The number of para-hydroxylation sites is 1. The molecule has 2 saturated heterocycles. The molecule has 0 N–H and O–H groups in total. The molecule has 0 spiro atoms. The highest BCUT2D eigenvalue weighted by Gasteiger charge is 2.44. The van der Waals surface area contributed by atoms with Crippen LogP contribution in [0.3, 0.4) is 0 Å². The SMILES string of the molecule is CC1C(=O)N(CN2CCN(S(=O)(=O)c3ccc4ccccc4c3)CC2)C(=O)N1c1ccccc1. The zero-order valence-electron chi connectivity index (χ0n) is 18.9. The van der Waals surface area contributed by atoms with Crippen LogP contribution in [0, 0.1) is 0 Å². The second-order valence-electron chi connectivity index (χ2n) is 8.60. The third-order valence-electron chi connectivity index (χ3n) is 6.51. The van der Waals surface area contributed by atoms with Crippen LogP contribution in [0.2, 0.25) is 0 Å². The van der Waals surface area contributed by atoms with Crippen molar-refractivity contribution in [3.8, 4) is 0 Å². The van der Waals surface area contributed by atoms with Gasteiger partial charge in [-0.25, -0.2) is 18.1 Å². The molecule has 0 bridgehead atoms. The third kappa shape index (κ3) is 3.96. The number of anilines is 1. The van der Waals surface area contributed by atoms with E-state index in [9.17, 15) is 18.0 Å². The Bertz CT molecular complexity index is 1340. The Balaban J connectivity index is 1.25. The Hall–Kier alpha value is -3.27. The molecule has 2 aliphatic heterocycles. The van der Waals surface area contributed by atoms with E-state index in [1.54, 1.807) is 19.1 Å². The number of urea groups is 1. The second kappa shape index (κ2) is 8.83. The minimum Gasteiger partial charge on any atom is -0.283 e. The third-order valence-corrected chi connectivity index (χ3v) is 8.41. The van der Waals surface area contributed by atoms with E-state index in [0.29, 0.717) is 31.9 Å². The zero-order valence-corrected chi connectivity index (χ0v) is 19.7. The number of piperazine rings is 1. The van der Waals surface area contributed by atoms with E-state index in [1.165, 1.54) is 14.1 Å². The molecule has 176 valence electrons. The summed E-state index contributed by atoms with van der Waals surface area (Å²) in [4.78, 5) is 30.8. The molecule has 0 radical (unpaired) electrons. The molecule has 1 unspecified atom stereocenters. The van der Waals surface area contributed by atoms with Crippen molar-refractivity contribution in [3.63, 3.8) is 0 Å². The van der Waals surface area contributed by atoms with E-state index in [-0.39, 0.29) is 23.5 Å². The topological polar surface area (TPSA) is 81.2 Å². The van der Waals surface area contributed by atoms with Gasteiger partial charge in [0.25, 0.3) is 5.91 Å². The van der Waals surface area contributed by atoms with Gasteiger partial charge in [0.05, 0.1) is 11.6 Å². The van der Waals surface area contributed by atoms with Gasteiger partial charge in [-0.1, -0.05) is 48.5 Å². The van der Waals surface area contributed by atoms with Crippen LogP contribution < -0.4 is 4.90 Å². The number of rotatable bonds is 5. The van der Waals surface area contributed by atoms with Crippen molar-refractivity contribution in [2.75, 3.05) is 37.7 Å². The largest absolute Gasteiger partial charge is 0.333 e. The smallest absolute Gasteiger partial charge is 0.283 e. The number of sulfonamides is 1. The van der Waals surface area contributed by atoms with Crippen molar-refractivity contribution in [1.29, 1.82) is 0 Å². The number of nitrogens with zero attached hydrogens (tertiary/aromatic N) is 4. The number of benzene rings is 3. The van der Waals surface area contributed by atoms with Crippen LogP contribution >= 0.6 is 0 Å². The van der Waals surface area contributed by atoms with Crippen molar-refractivity contribution in [3.05, 3.63) is 72.8 Å². The van der Waals surface area contributed by atoms with Crippen LogP contribution in [0.5, 0.6) is 0 Å². The lowest BCUT2D eigenvalue weighted by molar-refractivity contribution is -0.128. The lowest BCUT2D eigenvalue weighted by atomic mass is 10.1. The Morgan fingerprint density at radius 1 is 0.824 bits per heavy atom. The maximum atomic E-state index is 13.2. The summed E-state index contributed by atoms with van der Waals surface area (Å²) < 4.78 is 27.9. The highest BCUT2D eigenvalue weighted by Crippen LogP contribution is 2.27. The van der Waals surface area contributed by atoms with E-state index in [0.717, 1.165) is 10.8 Å². The number of carbonyl (C=O) groups is 2. The molecular formula is C25H26N4O4S. The summed E-state index contributed by atoms with van der Waals surface area (Å²) in [5.41, 5.74) is 0.683. The van der Waals surface area contributed by atoms with Crippen molar-refractivity contribution in [1.82, 2.24) is 14.1 Å². The molecule has 0 saturated carbocycles. The second-order valence-corrected chi connectivity index (χ2v) is 10.5. The molecule has 8 nitrogen and oxygen atoms in total. The van der Waals surface area contributed by atoms with Crippen molar-refractivity contribution in [2.45, 2.75) is 17.9 Å². The summed E-state index contributed by atoms with van der Waals surface area (Å²) in [5, 5.41) is 1.87. The zero-order chi connectivity index (χ0) is 23.9. The van der Waals surface area contributed by atoms with Gasteiger partial charge in [0.2, 0.25) is 10.0 Å². The first-order valence-electron chi connectivity index (χ1n) is 11.3. The number of imide groups is 1. The number of amides is 3. The van der Waals surface area contributed by atoms with Crippen molar-refractivity contribution < 1.29 is 18.0 Å². The number of hydrogen-bond acceptors (Lipinski definition) is 5. The molecule has 2 fully saturated rings. The fourth-order valence-electron chi connectivity index (χ4n) is 4.57. The molecule has 9 heteroatoms. The van der Waals surface area contributed by atoms with Gasteiger partial charge >= 0.3 is 6.03 Å². The minimum atomic E-state index is -3.63. The summed E-state index contributed by atoms with van der Waals surface area (Å²) in [6.45, 7) is 3.33. The molecule has 5 rings (SSSR count). The van der Waals surface area contributed by atoms with Gasteiger partial charge in [0.15, 0.2) is 0 Å². The van der Waals surface area contributed by atoms with Crippen LogP contribution in [0.1, 0.15) is 6.92 Å². The lowest BCUT2D eigenvalue weighted by Crippen LogP contribution is -2.52. The molecule has 2 aliphatic rings. The van der Waals surface area contributed by atoms with E-state index in [1.807, 2.05) is 65.6 Å². The number of carbonyl (C=O) groups excluding carboxylic acids is 2. The highest BCUT2D eigenvalue weighted by molar-refractivity contribution is 7.89. The number of fused-ring (bicyclic) bond motifs is 1. The molecule has 3 amide bonds. The van der Waals surface area contributed by atoms with Gasteiger partial charge in [-0.3, -0.25) is 14.6 Å². The predicted molar refractivity (Wildman–Crippen MR) is 130 cm³/mol. The Labute approximate surface area is 199 Å². The van der Waals surface area contributed by atoms with Gasteiger partial charge in [0, 0.05) is 31.9 Å². The lowest BCUT2D eigenvalue weighted by Gasteiger charge is -2.35. The van der Waals surface area contributed by atoms with Crippen molar-refractivity contribution in [2.24, 2.45) is 0 Å². The van der Waals surface area contributed by atoms with Crippen LogP contribution in [0.4, 0.5) is 10.5 Å². The molecule has 3 aromatic rings. The van der Waals surface area contributed by atoms with Crippen LogP contribution in [-0.2, 0) is 14.8 Å². The summed E-state index contributed by atoms with van der Waals surface area (Å²) in [6.07, 6.45) is 0. The van der Waals surface area contributed by atoms with Gasteiger partial charge in [-0.05, 0) is 42.0 Å².